The van der Waals surface area contributed by atoms with Crippen molar-refractivity contribution in [3.05, 3.63) is 36.3 Å². The topological polar surface area (TPSA) is 86.6 Å². The first-order valence-electron chi connectivity index (χ1n) is 13.1. The molecule has 9 heteroatoms. The van der Waals surface area contributed by atoms with E-state index in [-0.39, 0.29) is 28.5 Å². The highest BCUT2D eigenvalue weighted by Gasteiger charge is 2.45. The zero-order valence-corrected chi connectivity index (χ0v) is 20.3. The van der Waals surface area contributed by atoms with Crippen molar-refractivity contribution in [2.24, 2.45) is 0 Å². The quantitative estimate of drug-likeness (QED) is 0.562. The molecule has 8 nitrogen and oxygen atoms in total. The molecule has 0 saturated carbocycles. The number of aromatic hydroxyl groups is 1. The Balaban J connectivity index is 1.30. The van der Waals surface area contributed by atoms with Crippen LogP contribution in [0.15, 0.2) is 30.5 Å². The Kier molecular flexibility index (Phi) is 5.25. The predicted octanol–water partition coefficient (Wildman–Crippen LogP) is 3.48. The molecule has 2 unspecified atom stereocenters. The second-order valence-corrected chi connectivity index (χ2v) is 10.8. The predicted molar refractivity (Wildman–Crippen MR) is 135 cm³/mol. The van der Waals surface area contributed by atoms with Gasteiger partial charge in [0.1, 0.15) is 29.4 Å². The van der Waals surface area contributed by atoms with Crippen LogP contribution in [0.2, 0.25) is 0 Å². The highest BCUT2D eigenvalue weighted by atomic mass is 19.1. The van der Waals surface area contributed by atoms with Gasteiger partial charge in [-0.2, -0.15) is 9.97 Å². The second kappa shape index (κ2) is 8.52. The fourth-order valence-electron chi connectivity index (χ4n) is 6.81. The van der Waals surface area contributed by atoms with Gasteiger partial charge in [-0.25, -0.2) is 4.39 Å². The number of halogens is 1. The number of aromatic nitrogens is 3. The van der Waals surface area contributed by atoms with Gasteiger partial charge in [0.15, 0.2) is 5.82 Å². The molecular formula is C27H31FN6O2. The molecule has 188 valence electrons. The zero-order valence-electron chi connectivity index (χ0n) is 20.3. The minimum absolute atomic E-state index is 0.0517. The highest BCUT2D eigenvalue weighted by molar-refractivity contribution is 5.92. The number of benzene rings is 1. The number of fused-ring (bicyclic) bond motifs is 4. The van der Waals surface area contributed by atoms with Crippen LogP contribution in [-0.2, 0) is 0 Å². The average molecular weight is 491 g/mol. The monoisotopic (exact) mass is 490 g/mol. The Morgan fingerprint density at radius 3 is 2.64 bits per heavy atom. The number of phenolic OH excluding ortho intramolecular Hbond substituents is 1. The molecule has 2 atom stereocenters. The normalized spacial score (nSPS) is 25.0. The third kappa shape index (κ3) is 3.67. The Bertz CT molecular complexity index is 1300. The van der Waals surface area contributed by atoms with E-state index >= 15 is 4.39 Å². The summed E-state index contributed by atoms with van der Waals surface area (Å²) in [4.78, 5) is 18.7. The van der Waals surface area contributed by atoms with Gasteiger partial charge in [0.05, 0.1) is 10.9 Å². The number of pyridine rings is 1. The fourth-order valence-corrected chi connectivity index (χ4v) is 6.81. The number of nitrogens with one attached hydrogen (secondary N) is 1. The maximum absolute atomic E-state index is 16.0. The maximum atomic E-state index is 16.0. The molecule has 36 heavy (non-hydrogen) atoms. The van der Waals surface area contributed by atoms with Crippen LogP contribution < -0.4 is 15.0 Å². The first-order chi connectivity index (χ1) is 17.6. The molecule has 0 amide bonds. The lowest BCUT2D eigenvalue weighted by molar-refractivity contribution is 0.108. The van der Waals surface area contributed by atoms with E-state index in [2.05, 4.69) is 25.1 Å². The van der Waals surface area contributed by atoms with Crippen LogP contribution in [0.1, 0.15) is 38.5 Å². The second-order valence-electron chi connectivity index (χ2n) is 10.8. The number of rotatable bonds is 5. The zero-order chi connectivity index (χ0) is 24.3. The van der Waals surface area contributed by atoms with E-state index in [1.165, 1.54) is 18.9 Å². The Labute approximate surface area is 209 Å². The van der Waals surface area contributed by atoms with E-state index in [0.717, 1.165) is 51.9 Å². The van der Waals surface area contributed by atoms with Crippen molar-refractivity contribution in [1.29, 1.82) is 0 Å². The summed E-state index contributed by atoms with van der Waals surface area (Å²) < 4.78 is 22.3. The molecule has 2 aromatic heterocycles. The number of hydrogen-bond donors (Lipinski definition) is 2. The van der Waals surface area contributed by atoms with Crippen LogP contribution in [0.5, 0.6) is 11.8 Å². The van der Waals surface area contributed by atoms with Gasteiger partial charge in [-0.3, -0.25) is 9.88 Å². The largest absolute Gasteiger partial charge is 0.508 e. The number of nitrogens with zero attached hydrogens (tertiary/aromatic N) is 5. The third-order valence-electron chi connectivity index (χ3n) is 8.56. The molecule has 4 saturated heterocycles. The molecule has 0 spiro atoms. The molecule has 2 N–H and O–H groups in total. The molecule has 1 aromatic carbocycles. The molecule has 3 aromatic rings. The van der Waals surface area contributed by atoms with Crippen molar-refractivity contribution in [3.63, 3.8) is 0 Å². The summed E-state index contributed by atoms with van der Waals surface area (Å²) >= 11 is 0. The van der Waals surface area contributed by atoms with Crippen molar-refractivity contribution in [2.75, 3.05) is 37.7 Å². The molecular weight excluding hydrogens is 459 g/mol. The van der Waals surface area contributed by atoms with Gasteiger partial charge in [0, 0.05) is 36.9 Å². The third-order valence-corrected chi connectivity index (χ3v) is 8.56. The summed E-state index contributed by atoms with van der Waals surface area (Å²) in [6.07, 6.45) is 8.55. The summed E-state index contributed by atoms with van der Waals surface area (Å²) in [6.45, 7) is 4.39. The maximum Gasteiger partial charge on any atom is 0.319 e. The first-order valence-corrected chi connectivity index (χ1v) is 13.1. The van der Waals surface area contributed by atoms with Crippen molar-refractivity contribution in [1.82, 2.24) is 25.2 Å². The van der Waals surface area contributed by atoms with Crippen LogP contribution in [-0.4, -0.2) is 75.4 Å². The molecule has 4 fully saturated rings. The lowest BCUT2D eigenvalue weighted by Crippen LogP contribution is -2.51. The molecule has 0 radical (unpaired) electrons. The van der Waals surface area contributed by atoms with Crippen LogP contribution in [0.4, 0.5) is 10.2 Å². The number of phenols is 1. The standard InChI is InChI=1S/C27H31FN6O2/c28-22-23(17-4-1-5-20(35)12-17)29-13-21-24(22)31-26(36-16-27-8-2-10-34(27)11-3-9-27)32-25(21)33-14-18-6-7-19(15-33)30-18/h1,4-5,12-13,18-19,30,35H,2-3,6-11,14-16H2. The SMILES string of the molecule is Oc1cccc(-c2ncc3c(N4CC5CCC(C4)N5)nc(OCC45CCCN4CCC5)nc3c2F)c1. The molecule has 6 heterocycles. The average Bonchev–Trinajstić information content (AvgIpc) is 3.56. The van der Waals surface area contributed by atoms with Crippen molar-refractivity contribution in [3.8, 4) is 23.0 Å². The summed E-state index contributed by atoms with van der Waals surface area (Å²) in [5.74, 6) is 0.232. The van der Waals surface area contributed by atoms with E-state index in [9.17, 15) is 5.11 Å². The van der Waals surface area contributed by atoms with Gasteiger partial charge in [-0.1, -0.05) is 12.1 Å². The van der Waals surface area contributed by atoms with Crippen molar-refractivity contribution in [2.45, 2.75) is 56.1 Å². The number of hydrogen-bond acceptors (Lipinski definition) is 8. The minimum atomic E-state index is -0.522. The molecule has 0 aliphatic carbocycles. The summed E-state index contributed by atoms with van der Waals surface area (Å²) in [6, 6.07) is 7.53. The van der Waals surface area contributed by atoms with Gasteiger partial charge in [0.25, 0.3) is 0 Å². The van der Waals surface area contributed by atoms with Crippen LogP contribution >= 0.6 is 0 Å². The number of ether oxygens (including phenoxy) is 1. The van der Waals surface area contributed by atoms with E-state index in [1.54, 1.807) is 24.4 Å². The van der Waals surface area contributed by atoms with Crippen LogP contribution in [0.3, 0.4) is 0 Å². The van der Waals surface area contributed by atoms with Gasteiger partial charge >= 0.3 is 6.01 Å². The minimum Gasteiger partial charge on any atom is -0.508 e. The van der Waals surface area contributed by atoms with E-state index in [0.29, 0.717) is 35.5 Å². The molecule has 2 bridgehead atoms. The van der Waals surface area contributed by atoms with E-state index in [1.807, 2.05) is 0 Å². The Morgan fingerprint density at radius 1 is 1.11 bits per heavy atom. The van der Waals surface area contributed by atoms with E-state index < -0.39 is 5.82 Å². The Hall–Kier alpha value is -3.04. The van der Waals surface area contributed by atoms with E-state index in [4.69, 9.17) is 9.72 Å². The van der Waals surface area contributed by atoms with Gasteiger partial charge in [0.2, 0.25) is 0 Å². The molecule has 4 aliphatic heterocycles. The van der Waals surface area contributed by atoms with Crippen LogP contribution in [0.25, 0.3) is 22.2 Å². The number of anilines is 1. The lowest BCUT2D eigenvalue weighted by atomic mass is 9.95. The molecule has 4 aliphatic rings. The summed E-state index contributed by atoms with van der Waals surface area (Å²) in [5, 5.41) is 14.2. The van der Waals surface area contributed by atoms with Gasteiger partial charge in [-0.15, -0.1) is 0 Å². The van der Waals surface area contributed by atoms with Gasteiger partial charge < -0.3 is 20.1 Å². The van der Waals surface area contributed by atoms with Gasteiger partial charge in [-0.05, 0) is 63.7 Å². The smallest absolute Gasteiger partial charge is 0.319 e. The van der Waals surface area contributed by atoms with Crippen molar-refractivity contribution < 1.29 is 14.2 Å². The summed E-state index contributed by atoms with van der Waals surface area (Å²) in [7, 11) is 0. The molecule has 7 rings (SSSR count). The highest BCUT2D eigenvalue weighted by Crippen LogP contribution is 2.40. The van der Waals surface area contributed by atoms with Crippen molar-refractivity contribution >= 4 is 16.7 Å². The lowest BCUT2D eigenvalue weighted by Gasteiger charge is -2.34. The summed E-state index contributed by atoms with van der Waals surface area (Å²) in [5.41, 5.74) is 0.923. The Morgan fingerprint density at radius 2 is 1.89 bits per heavy atom. The van der Waals surface area contributed by atoms with Crippen LogP contribution in [0, 0.1) is 5.82 Å². The fraction of sp³-hybridized carbons (Fsp3) is 0.519. The first kappa shape index (κ1) is 22.2. The number of piperazine rings is 1.